The molecule has 0 saturated heterocycles. The van der Waals surface area contributed by atoms with Crippen molar-refractivity contribution in [2.45, 2.75) is 0 Å². The zero-order chi connectivity index (χ0) is 15.7. The number of non-ortho nitro benzene ring substituents is 1. The van der Waals surface area contributed by atoms with Crippen LogP contribution in [0.15, 0.2) is 42.5 Å². The van der Waals surface area contributed by atoms with Gasteiger partial charge < -0.3 is 14.5 Å². The van der Waals surface area contributed by atoms with Gasteiger partial charge in [-0.15, -0.1) is 0 Å². The maximum Gasteiger partial charge on any atom is 0.269 e. The molecule has 0 atom stereocenters. The topological polar surface area (TPSA) is 77.4 Å². The smallest absolute Gasteiger partial charge is 0.269 e. The second kappa shape index (κ2) is 5.40. The van der Waals surface area contributed by atoms with Crippen molar-refractivity contribution >= 4 is 16.6 Å². The molecular weight excluding hydrogens is 284 g/mol. The van der Waals surface area contributed by atoms with Crippen molar-refractivity contribution in [1.82, 2.24) is 4.98 Å². The fourth-order valence-electron chi connectivity index (χ4n) is 2.38. The predicted molar refractivity (Wildman–Crippen MR) is 83.5 cm³/mol. The molecule has 0 unspecified atom stereocenters. The highest BCUT2D eigenvalue weighted by atomic mass is 16.6. The van der Waals surface area contributed by atoms with E-state index in [-0.39, 0.29) is 5.69 Å². The second-order valence-corrected chi connectivity index (χ2v) is 4.78. The van der Waals surface area contributed by atoms with Crippen molar-refractivity contribution in [1.29, 1.82) is 0 Å². The van der Waals surface area contributed by atoms with Crippen LogP contribution in [-0.4, -0.2) is 24.1 Å². The molecule has 6 nitrogen and oxygen atoms in total. The standard InChI is InChI=1S/C16H14N2O4/c1-21-15-8-11-7-13(17-14(11)9-16(15)22-2)10-3-5-12(6-4-10)18(19)20/h3-9,17H,1-2H3. The number of nitro benzene ring substituents is 1. The Balaban J connectivity index is 2.06. The molecule has 1 aromatic heterocycles. The Hall–Kier alpha value is -3.02. The Kier molecular flexibility index (Phi) is 3.42. The number of nitrogens with zero attached hydrogens (tertiary/aromatic N) is 1. The van der Waals surface area contributed by atoms with Crippen molar-refractivity contribution in [2.75, 3.05) is 14.2 Å². The molecule has 1 N–H and O–H groups in total. The van der Waals surface area contributed by atoms with Crippen LogP contribution in [0.3, 0.4) is 0 Å². The average Bonchev–Trinajstić information content (AvgIpc) is 2.96. The molecule has 6 heteroatoms. The Morgan fingerprint density at radius 3 is 2.23 bits per heavy atom. The summed E-state index contributed by atoms with van der Waals surface area (Å²) < 4.78 is 10.6. The number of nitro groups is 1. The van der Waals surface area contributed by atoms with E-state index in [1.54, 1.807) is 26.4 Å². The summed E-state index contributed by atoms with van der Waals surface area (Å²) in [7, 11) is 3.18. The zero-order valence-electron chi connectivity index (χ0n) is 12.1. The van der Waals surface area contributed by atoms with E-state index in [4.69, 9.17) is 9.47 Å². The molecule has 3 aromatic rings. The highest BCUT2D eigenvalue weighted by molar-refractivity contribution is 5.88. The number of benzene rings is 2. The summed E-state index contributed by atoms with van der Waals surface area (Å²) in [6.07, 6.45) is 0. The van der Waals surface area contributed by atoms with Crippen LogP contribution in [0.4, 0.5) is 5.69 Å². The summed E-state index contributed by atoms with van der Waals surface area (Å²) in [5.41, 5.74) is 2.73. The summed E-state index contributed by atoms with van der Waals surface area (Å²) in [5.74, 6) is 1.30. The maximum atomic E-state index is 10.7. The normalized spacial score (nSPS) is 10.6. The van der Waals surface area contributed by atoms with E-state index in [1.165, 1.54) is 12.1 Å². The van der Waals surface area contributed by atoms with Gasteiger partial charge in [0, 0.05) is 34.8 Å². The van der Waals surface area contributed by atoms with E-state index in [2.05, 4.69) is 4.98 Å². The number of ether oxygens (including phenoxy) is 2. The lowest BCUT2D eigenvalue weighted by Crippen LogP contribution is -1.89. The summed E-state index contributed by atoms with van der Waals surface area (Å²) in [6, 6.07) is 12.1. The first-order valence-electron chi connectivity index (χ1n) is 6.62. The molecule has 22 heavy (non-hydrogen) atoms. The fraction of sp³-hybridized carbons (Fsp3) is 0.125. The highest BCUT2D eigenvalue weighted by Gasteiger charge is 2.11. The lowest BCUT2D eigenvalue weighted by molar-refractivity contribution is -0.384. The molecule has 0 aliphatic heterocycles. The lowest BCUT2D eigenvalue weighted by atomic mass is 10.1. The van der Waals surface area contributed by atoms with Crippen LogP contribution in [0.1, 0.15) is 0 Å². The first-order chi connectivity index (χ1) is 10.6. The largest absolute Gasteiger partial charge is 0.493 e. The zero-order valence-corrected chi connectivity index (χ0v) is 12.1. The Morgan fingerprint density at radius 2 is 1.64 bits per heavy atom. The van der Waals surface area contributed by atoms with Crippen LogP contribution >= 0.6 is 0 Å². The maximum absolute atomic E-state index is 10.7. The van der Waals surface area contributed by atoms with Crippen molar-refractivity contribution in [3.63, 3.8) is 0 Å². The molecule has 0 amide bonds. The number of rotatable bonds is 4. The number of aromatic amines is 1. The van der Waals surface area contributed by atoms with E-state index < -0.39 is 4.92 Å². The van der Waals surface area contributed by atoms with Gasteiger partial charge in [0.25, 0.3) is 5.69 Å². The number of H-pyrrole nitrogens is 1. The van der Waals surface area contributed by atoms with Gasteiger partial charge in [0.2, 0.25) is 0 Å². The summed E-state index contributed by atoms with van der Waals surface area (Å²) in [6.45, 7) is 0. The molecule has 3 rings (SSSR count). The van der Waals surface area contributed by atoms with E-state index in [9.17, 15) is 10.1 Å². The van der Waals surface area contributed by atoms with Gasteiger partial charge in [0.1, 0.15) is 0 Å². The van der Waals surface area contributed by atoms with E-state index in [0.717, 1.165) is 22.2 Å². The SMILES string of the molecule is COc1cc2cc(-c3ccc([N+](=O)[O-])cc3)[nH]c2cc1OC. The molecule has 0 aliphatic carbocycles. The predicted octanol–water partition coefficient (Wildman–Crippen LogP) is 3.76. The number of fused-ring (bicyclic) bond motifs is 1. The minimum absolute atomic E-state index is 0.0724. The van der Waals surface area contributed by atoms with Crippen LogP contribution in [0, 0.1) is 10.1 Å². The molecule has 1 heterocycles. The van der Waals surface area contributed by atoms with Gasteiger partial charge in [0.05, 0.1) is 19.1 Å². The molecule has 0 spiro atoms. The molecule has 112 valence electrons. The van der Waals surface area contributed by atoms with Crippen LogP contribution in [-0.2, 0) is 0 Å². The molecule has 0 aliphatic rings. The first kappa shape index (κ1) is 13.9. The summed E-state index contributed by atoms with van der Waals surface area (Å²) in [5, 5.41) is 11.7. The van der Waals surface area contributed by atoms with Gasteiger partial charge in [-0.25, -0.2) is 0 Å². The third kappa shape index (κ3) is 2.35. The van der Waals surface area contributed by atoms with Gasteiger partial charge in [-0.05, 0) is 29.8 Å². The summed E-state index contributed by atoms with van der Waals surface area (Å²) >= 11 is 0. The number of hydrogen-bond acceptors (Lipinski definition) is 4. The minimum atomic E-state index is -0.412. The fourth-order valence-corrected chi connectivity index (χ4v) is 2.38. The molecule has 0 bridgehead atoms. The van der Waals surface area contributed by atoms with Crippen molar-refractivity contribution in [3.8, 4) is 22.8 Å². The first-order valence-corrected chi connectivity index (χ1v) is 6.62. The number of aromatic nitrogens is 1. The van der Waals surface area contributed by atoms with Gasteiger partial charge in [0.15, 0.2) is 11.5 Å². The number of nitrogens with one attached hydrogen (secondary N) is 1. The van der Waals surface area contributed by atoms with Gasteiger partial charge in [-0.1, -0.05) is 0 Å². The second-order valence-electron chi connectivity index (χ2n) is 4.78. The Morgan fingerprint density at radius 1 is 1.00 bits per heavy atom. The molecule has 0 saturated carbocycles. The Bertz CT molecular complexity index is 796. The third-order valence-electron chi connectivity index (χ3n) is 3.51. The monoisotopic (exact) mass is 298 g/mol. The van der Waals surface area contributed by atoms with Gasteiger partial charge >= 0.3 is 0 Å². The van der Waals surface area contributed by atoms with Gasteiger partial charge in [-0.3, -0.25) is 10.1 Å². The number of methoxy groups -OCH3 is 2. The van der Waals surface area contributed by atoms with E-state index in [1.807, 2.05) is 18.2 Å². The van der Waals surface area contributed by atoms with E-state index in [0.29, 0.717) is 11.5 Å². The third-order valence-corrected chi connectivity index (χ3v) is 3.51. The van der Waals surface area contributed by atoms with Gasteiger partial charge in [-0.2, -0.15) is 0 Å². The quantitative estimate of drug-likeness (QED) is 0.587. The van der Waals surface area contributed by atoms with Crippen LogP contribution in [0.25, 0.3) is 22.2 Å². The lowest BCUT2D eigenvalue weighted by Gasteiger charge is -2.06. The van der Waals surface area contributed by atoms with Crippen LogP contribution in [0.2, 0.25) is 0 Å². The molecule has 2 aromatic carbocycles. The average molecular weight is 298 g/mol. The van der Waals surface area contributed by atoms with Crippen molar-refractivity contribution < 1.29 is 14.4 Å². The summed E-state index contributed by atoms with van der Waals surface area (Å²) in [4.78, 5) is 13.6. The Labute approximate surface area is 126 Å². The van der Waals surface area contributed by atoms with Crippen LogP contribution in [0.5, 0.6) is 11.5 Å². The molecule has 0 fully saturated rings. The van der Waals surface area contributed by atoms with Crippen molar-refractivity contribution in [3.05, 3.63) is 52.6 Å². The van der Waals surface area contributed by atoms with E-state index >= 15 is 0 Å². The van der Waals surface area contributed by atoms with Crippen LogP contribution < -0.4 is 9.47 Å². The molecule has 0 radical (unpaired) electrons. The van der Waals surface area contributed by atoms with Crippen molar-refractivity contribution in [2.24, 2.45) is 0 Å². The molecular formula is C16H14N2O4. The highest BCUT2D eigenvalue weighted by Crippen LogP contribution is 2.34. The minimum Gasteiger partial charge on any atom is -0.493 e. The number of hydrogen-bond donors (Lipinski definition) is 1.